The minimum atomic E-state index is -0.942. The summed E-state index contributed by atoms with van der Waals surface area (Å²) in [6.45, 7) is 0.721. The van der Waals surface area contributed by atoms with Gasteiger partial charge in [0.05, 0.1) is 6.54 Å². The largest absolute Gasteiger partial charge is 0.463 e. The van der Waals surface area contributed by atoms with E-state index in [0.717, 1.165) is 5.56 Å². The van der Waals surface area contributed by atoms with Crippen molar-refractivity contribution >= 4 is 53.4 Å². The maximum atomic E-state index is 12.8. The van der Waals surface area contributed by atoms with Crippen molar-refractivity contribution in [3.8, 4) is 0 Å². The van der Waals surface area contributed by atoms with E-state index < -0.39 is 23.9 Å². The quantitative estimate of drug-likeness (QED) is 0.0846. The lowest BCUT2D eigenvalue weighted by Crippen LogP contribution is -2.47. The van der Waals surface area contributed by atoms with Crippen molar-refractivity contribution in [2.75, 3.05) is 30.8 Å². The molecule has 0 aliphatic carbocycles. The molecule has 1 rings (SSSR count). The molecule has 7 N–H and O–H groups in total. The number of ether oxygens (including phenoxy) is 1. The average Bonchev–Trinajstić information content (AvgIpc) is 2.88. The van der Waals surface area contributed by atoms with Gasteiger partial charge in [-0.15, -0.1) is 11.6 Å². The van der Waals surface area contributed by atoms with E-state index in [4.69, 9.17) is 17.3 Å². The normalized spacial score (nSPS) is 10.9. The fourth-order valence-corrected chi connectivity index (χ4v) is 3.12. The Labute approximate surface area is 219 Å². The Bertz CT molecular complexity index is 913. The first-order valence-corrected chi connectivity index (χ1v) is 12.2. The molecular weight excluding hydrogens is 508 g/mol. The van der Waals surface area contributed by atoms with Crippen LogP contribution in [0.15, 0.2) is 24.3 Å². The number of benzene rings is 1. The van der Waals surface area contributed by atoms with Crippen LogP contribution in [0.3, 0.4) is 0 Å². The number of halogens is 1. The van der Waals surface area contributed by atoms with Crippen LogP contribution in [0.5, 0.6) is 0 Å². The number of rotatable bonds is 18. The van der Waals surface area contributed by atoms with Gasteiger partial charge in [0.1, 0.15) is 18.5 Å². The molecule has 0 spiro atoms. The second-order valence-electron chi connectivity index (χ2n) is 7.86. The molecule has 0 aliphatic heterocycles. The average molecular weight is 541 g/mol. The second kappa shape index (κ2) is 18.4. The predicted octanol–water partition coefficient (Wildman–Crippen LogP) is -0.127. The molecule has 0 saturated carbocycles. The Hall–Kier alpha value is -3.87. The van der Waals surface area contributed by atoms with E-state index in [9.17, 15) is 28.8 Å². The number of alkyl halides is 1. The van der Waals surface area contributed by atoms with Gasteiger partial charge in [0, 0.05) is 25.2 Å². The van der Waals surface area contributed by atoms with Crippen LogP contribution in [-0.4, -0.2) is 67.7 Å². The van der Waals surface area contributed by atoms with Crippen LogP contribution in [0.1, 0.15) is 37.7 Å². The van der Waals surface area contributed by atoms with Crippen molar-refractivity contribution in [2.45, 2.75) is 44.8 Å². The summed E-state index contributed by atoms with van der Waals surface area (Å²) in [6, 6.07) is 4.94. The maximum Gasteiger partial charge on any atom is 0.312 e. The van der Waals surface area contributed by atoms with Gasteiger partial charge >= 0.3 is 6.03 Å². The van der Waals surface area contributed by atoms with Gasteiger partial charge in [0.25, 0.3) is 6.47 Å². The Morgan fingerprint density at radius 1 is 0.919 bits per heavy atom. The highest BCUT2D eigenvalue weighted by Gasteiger charge is 2.21. The molecular formula is C23H33ClN6O7. The van der Waals surface area contributed by atoms with Gasteiger partial charge in [-0.05, 0) is 43.4 Å². The summed E-state index contributed by atoms with van der Waals surface area (Å²) in [4.78, 5) is 69.4. The number of anilines is 1. The lowest BCUT2D eigenvalue weighted by atomic mass is 10.1. The first-order chi connectivity index (χ1) is 17.7. The van der Waals surface area contributed by atoms with Gasteiger partial charge in [-0.3, -0.25) is 24.0 Å². The molecule has 204 valence electrons. The molecule has 1 unspecified atom stereocenters. The molecule has 0 fully saturated rings. The number of primary amides is 1. The van der Waals surface area contributed by atoms with Crippen LogP contribution < -0.4 is 32.3 Å². The van der Waals surface area contributed by atoms with Crippen LogP contribution in [0.2, 0.25) is 0 Å². The van der Waals surface area contributed by atoms with E-state index in [2.05, 4.69) is 31.3 Å². The first-order valence-electron chi connectivity index (χ1n) is 11.6. The van der Waals surface area contributed by atoms with Crippen molar-refractivity contribution in [1.29, 1.82) is 0 Å². The van der Waals surface area contributed by atoms with Gasteiger partial charge in [-0.1, -0.05) is 12.1 Å². The molecule has 14 heteroatoms. The van der Waals surface area contributed by atoms with Crippen LogP contribution in [0.25, 0.3) is 0 Å². The molecule has 0 aliphatic rings. The number of hydrogen-bond donors (Lipinski definition) is 6. The van der Waals surface area contributed by atoms with Crippen LogP contribution in [0, 0.1) is 0 Å². The van der Waals surface area contributed by atoms with E-state index in [1.54, 1.807) is 24.3 Å². The minimum Gasteiger partial charge on any atom is -0.463 e. The Morgan fingerprint density at radius 2 is 1.62 bits per heavy atom. The zero-order chi connectivity index (χ0) is 27.5. The highest BCUT2D eigenvalue weighted by molar-refractivity contribution is 6.27. The molecule has 0 bridgehead atoms. The van der Waals surface area contributed by atoms with Gasteiger partial charge < -0.3 is 37.1 Å². The van der Waals surface area contributed by atoms with Gasteiger partial charge in [0.15, 0.2) is 0 Å². The number of nitrogens with one attached hydrogen (secondary N) is 5. The maximum absolute atomic E-state index is 12.8. The molecule has 0 aromatic heterocycles. The number of nitrogens with two attached hydrogens (primary N) is 1. The van der Waals surface area contributed by atoms with Gasteiger partial charge in [-0.25, -0.2) is 4.79 Å². The summed E-state index contributed by atoms with van der Waals surface area (Å²) < 4.78 is 4.68. The predicted molar refractivity (Wildman–Crippen MR) is 135 cm³/mol. The monoisotopic (exact) mass is 540 g/mol. The molecule has 1 atom stereocenters. The third kappa shape index (κ3) is 15.0. The third-order valence-electron chi connectivity index (χ3n) is 4.88. The van der Waals surface area contributed by atoms with E-state index in [1.807, 2.05) is 0 Å². The fourth-order valence-electron chi connectivity index (χ4n) is 3.03. The number of amides is 6. The molecule has 37 heavy (non-hydrogen) atoms. The topological polar surface area (TPSA) is 198 Å². The Balaban J connectivity index is 2.55. The Morgan fingerprint density at radius 3 is 2.27 bits per heavy atom. The molecule has 1 aromatic carbocycles. The van der Waals surface area contributed by atoms with Gasteiger partial charge in [0.2, 0.25) is 23.6 Å². The van der Waals surface area contributed by atoms with E-state index in [-0.39, 0.29) is 50.2 Å². The summed E-state index contributed by atoms with van der Waals surface area (Å²) in [7, 11) is 0. The fraction of sp³-hybridized carbons (Fsp3) is 0.478. The van der Waals surface area contributed by atoms with Crippen molar-refractivity contribution < 1.29 is 33.5 Å². The summed E-state index contributed by atoms with van der Waals surface area (Å²) in [5, 5.41) is 12.8. The second-order valence-corrected chi connectivity index (χ2v) is 8.13. The summed E-state index contributed by atoms with van der Waals surface area (Å²) in [5.74, 6) is -1.81. The number of urea groups is 1. The number of unbranched alkanes of at least 4 members (excludes halogenated alkanes) is 1. The lowest BCUT2D eigenvalue weighted by molar-refractivity contribution is -0.130. The SMILES string of the molecule is NC(=O)NCCCC(NC(=O)CNC(=O)CCCCNC(=O)CCl)C(=O)Nc1ccc(COC=O)cc1. The molecule has 1 aromatic rings. The minimum absolute atomic E-state index is 0.0968. The van der Waals surface area contributed by atoms with Crippen LogP contribution >= 0.6 is 11.6 Å². The molecule has 0 saturated heterocycles. The van der Waals surface area contributed by atoms with Crippen molar-refractivity contribution in [1.82, 2.24) is 21.3 Å². The summed E-state index contributed by atoms with van der Waals surface area (Å²) in [5.41, 5.74) is 6.23. The molecule has 0 heterocycles. The smallest absolute Gasteiger partial charge is 0.312 e. The zero-order valence-corrected chi connectivity index (χ0v) is 21.1. The third-order valence-corrected chi connectivity index (χ3v) is 5.12. The molecule has 6 amide bonds. The van der Waals surface area contributed by atoms with Crippen molar-refractivity contribution in [3.05, 3.63) is 29.8 Å². The Kier molecular flexibility index (Phi) is 15.5. The summed E-state index contributed by atoms with van der Waals surface area (Å²) in [6.07, 6.45) is 1.81. The standard InChI is InChI=1S/C23H33ClN6O7/c24-12-20(33)26-10-2-1-5-19(32)28-13-21(34)30-18(4-3-11-27-23(25)36)22(35)29-17-8-6-16(7-9-17)14-37-15-31/h6-9,15,18H,1-5,10-14H2,(H,26,33)(H,28,32)(H,29,35)(H,30,34)(H3,25,27,36). The molecule has 0 radical (unpaired) electrons. The first kappa shape index (κ1) is 31.2. The number of carbonyl (C=O) groups is 6. The molecule has 13 nitrogen and oxygen atoms in total. The lowest BCUT2D eigenvalue weighted by Gasteiger charge is -2.19. The van der Waals surface area contributed by atoms with Crippen LogP contribution in [-0.2, 0) is 35.3 Å². The van der Waals surface area contributed by atoms with E-state index in [0.29, 0.717) is 38.0 Å². The van der Waals surface area contributed by atoms with Crippen molar-refractivity contribution in [2.24, 2.45) is 5.73 Å². The highest BCUT2D eigenvalue weighted by Crippen LogP contribution is 2.11. The summed E-state index contributed by atoms with van der Waals surface area (Å²) >= 11 is 5.38. The van der Waals surface area contributed by atoms with E-state index >= 15 is 0 Å². The number of hydrogen-bond acceptors (Lipinski definition) is 7. The van der Waals surface area contributed by atoms with Gasteiger partial charge in [-0.2, -0.15) is 0 Å². The van der Waals surface area contributed by atoms with E-state index in [1.165, 1.54) is 0 Å². The zero-order valence-electron chi connectivity index (χ0n) is 20.3. The van der Waals surface area contributed by atoms with Crippen LogP contribution in [0.4, 0.5) is 10.5 Å². The highest BCUT2D eigenvalue weighted by atomic mass is 35.5. The number of carbonyl (C=O) groups excluding carboxylic acids is 6. The van der Waals surface area contributed by atoms with Crippen molar-refractivity contribution in [3.63, 3.8) is 0 Å².